The smallest absolute Gasteiger partial charge is 0.269 e. The van der Waals surface area contributed by atoms with Gasteiger partial charge in [-0.1, -0.05) is 6.92 Å². The van der Waals surface area contributed by atoms with Crippen molar-refractivity contribution in [1.29, 1.82) is 0 Å². The maximum atomic E-state index is 12.1. The SMILES string of the molecule is CCC(C)Oc1ccc(C(=O)NNC(=O)c2ccc(NC(C)=O)cc2)cc1. The number of nitrogens with one attached hydrogen (secondary N) is 3. The van der Waals surface area contributed by atoms with Crippen LogP contribution in [0.25, 0.3) is 0 Å². The average molecular weight is 369 g/mol. The molecule has 2 aromatic carbocycles. The molecule has 27 heavy (non-hydrogen) atoms. The summed E-state index contributed by atoms with van der Waals surface area (Å²) in [7, 11) is 0. The Labute approximate surface area is 158 Å². The van der Waals surface area contributed by atoms with Crippen LogP contribution in [0.3, 0.4) is 0 Å². The van der Waals surface area contributed by atoms with Gasteiger partial charge >= 0.3 is 0 Å². The fourth-order valence-electron chi connectivity index (χ4n) is 2.17. The van der Waals surface area contributed by atoms with Crippen LogP contribution < -0.4 is 20.9 Å². The molecule has 0 saturated heterocycles. The van der Waals surface area contributed by atoms with E-state index in [1.807, 2.05) is 13.8 Å². The monoisotopic (exact) mass is 369 g/mol. The van der Waals surface area contributed by atoms with E-state index in [0.717, 1.165) is 6.42 Å². The summed E-state index contributed by atoms with van der Waals surface area (Å²) in [6.45, 7) is 5.40. The molecule has 2 aromatic rings. The van der Waals surface area contributed by atoms with Gasteiger partial charge in [0, 0.05) is 23.7 Å². The number of anilines is 1. The molecule has 0 spiro atoms. The Morgan fingerprint density at radius 3 is 1.81 bits per heavy atom. The Morgan fingerprint density at radius 1 is 0.889 bits per heavy atom. The summed E-state index contributed by atoms with van der Waals surface area (Å²) in [6, 6.07) is 13.0. The third-order valence-corrected chi connectivity index (χ3v) is 3.79. The van der Waals surface area contributed by atoms with E-state index in [0.29, 0.717) is 22.6 Å². The van der Waals surface area contributed by atoms with Crippen molar-refractivity contribution in [3.05, 3.63) is 59.7 Å². The van der Waals surface area contributed by atoms with Crippen molar-refractivity contribution in [2.75, 3.05) is 5.32 Å². The second kappa shape index (κ2) is 9.38. The number of carbonyl (C=O) groups excluding carboxylic acids is 3. The zero-order valence-corrected chi connectivity index (χ0v) is 15.5. The zero-order valence-electron chi connectivity index (χ0n) is 15.5. The van der Waals surface area contributed by atoms with Crippen LogP contribution in [0.15, 0.2) is 48.5 Å². The Morgan fingerprint density at radius 2 is 1.37 bits per heavy atom. The van der Waals surface area contributed by atoms with E-state index < -0.39 is 11.8 Å². The van der Waals surface area contributed by atoms with Crippen LogP contribution in [0, 0.1) is 0 Å². The molecule has 0 aromatic heterocycles. The normalized spacial score (nSPS) is 11.2. The molecule has 0 fully saturated rings. The van der Waals surface area contributed by atoms with E-state index in [2.05, 4.69) is 16.2 Å². The van der Waals surface area contributed by atoms with Crippen molar-refractivity contribution in [3.63, 3.8) is 0 Å². The van der Waals surface area contributed by atoms with E-state index in [1.165, 1.54) is 6.92 Å². The maximum absolute atomic E-state index is 12.1. The number of hydrogen-bond acceptors (Lipinski definition) is 4. The largest absolute Gasteiger partial charge is 0.491 e. The molecule has 0 aliphatic rings. The predicted octanol–water partition coefficient (Wildman–Crippen LogP) is 2.90. The second-order valence-electron chi connectivity index (χ2n) is 6.03. The van der Waals surface area contributed by atoms with Gasteiger partial charge in [-0.3, -0.25) is 25.2 Å². The molecule has 142 valence electrons. The van der Waals surface area contributed by atoms with Crippen molar-refractivity contribution in [3.8, 4) is 5.75 Å². The molecular formula is C20H23N3O4. The van der Waals surface area contributed by atoms with E-state index in [1.54, 1.807) is 48.5 Å². The molecule has 0 heterocycles. The Balaban J connectivity index is 1.88. The standard InChI is InChI=1S/C20H23N3O4/c1-4-13(2)27-18-11-7-16(8-12-18)20(26)23-22-19(25)15-5-9-17(10-6-15)21-14(3)24/h5-13H,4H2,1-3H3,(H,21,24)(H,22,25)(H,23,26). The summed E-state index contributed by atoms with van der Waals surface area (Å²) in [5, 5.41) is 2.61. The number of carbonyl (C=O) groups is 3. The topological polar surface area (TPSA) is 96.5 Å². The van der Waals surface area contributed by atoms with Gasteiger partial charge in [0.15, 0.2) is 0 Å². The van der Waals surface area contributed by atoms with Gasteiger partial charge in [-0.25, -0.2) is 0 Å². The Kier molecular flexibility index (Phi) is 6.93. The quantitative estimate of drug-likeness (QED) is 0.682. The number of hydrazine groups is 1. The van der Waals surface area contributed by atoms with E-state index in [4.69, 9.17) is 4.74 Å². The van der Waals surface area contributed by atoms with E-state index >= 15 is 0 Å². The molecule has 1 unspecified atom stereocenters. The molecule has 3 amide bonds. The van der Waals surface area contributed by atoms with Gasteiger partial charge in [0.2, 0.25) is 5.91 Å². The minimum absolute atomic E-state index is 0.0981. The van der Waals surface area contributed by atoms with Crippen LogP contribution in [-0.2, 0) is 4.79 Å². The number of benzene rings is 2. The molecule has 7 heteroatoms. The highest BCUT2D eigenvalue weighted by atomic mass is 16.5. The number of rotatable bonds is 6. The third-order valence-electron chi connectivity index (χ3n) is 3.79. The summed E-state index contributed by atoms with van der Waals surface area (Å²) in [6.07, 6.45) is 0.987. The van der Waals surface area contributed by atoms with Crippen LogP contribution in [0.1, 0.15) is 47.9 Å². The van der Waals surface area contributed by atoms with Crippen molar-refractivity contribution in [2.45, 2.75) is 33.3 Å². The van der Waals surface area contributed by atoms with Gasteiger partial charge in [0.05, 0.1) is 6.10 Å². The first-order chi connectivity index (χ1) is 12.9. The maximum Gasteiger partial charge on any atom is 0.269 e. The lowest BCUT2D eigenvalue weighted by atomic mass is 10.2. The first kappa shape index (κ1) is 20.0. The molecule has 0 radical (unpaired) electrons. The molecule has 0 aliphatic carbocycles. The highest BCUT2D eigenvalue weighted by Crippen LogP contribution is 2.15. The summed E-state index contributed by atoms with van der Waals surface area (Å²) in [5.74, 6) is -0.410. The fourth-order valence-corrected chi connectivity index (χ4v) is 2.17. The minimum atomic E-state index is -0.463. The molecule has 0 aliphatic heterocycles. The van der Waals surface area contributed by atoms with Gasteiger partial charge in [0.25, 0.3) is 11.8 Å². The molecule has 0 bridgehead atoms. The number of amides is 3. The zero-order chi connectivity index (χ0) is 19.8. The Bertz CT molecular complexity index is 801. The van der Waals surface area contributed by atoms with Gasteiger partial charge in [0.1, 0.15) is 5.75 Å². The van der Waals surface area contributed by atoms with Gasteiger partial charge in [-0.05, 0) is 61.9 Å². The minimum Gasteiger partial charge on any atom is -0.491 e. The van der Waals surface area contributed by atoms with Gasteiger partial charge in [-0.2, -0.15) is 0 Å². The van der Waals surface area contributed by atoms with Crippen molar-refractivity contribution in [2.24, 2.45) is 0 Å². The Hall–Kier alpha value is -3.35. The molecule has 7 nitrogen and oxygen atoms in total. The third kappa shape index (κ3) is 6.14. The summed E-state index contributed by atoms with van der Waals surface area (Å²) < 4.78 is 5.66. The second-order valence-corrected chi connectivity index (χ2v) is 6.03. The first-order valence-corrected chi connectivity index (χ1v) is 8.64. The summed E-state index contributed by atoms with van der Waals surface area (Å²) in [4.78, 5) is 35.2. The number of ether oxygens (including phenoxy) is 1. The van der Waals surface area contributed by atoms with Crippen LogP contribution in [0.4, 0.5) is 5.69 Å². The van der Waals surface area contributed by atoms with E-state index in [9.17, 15) is 14.4 Å². The van der Waals surface area contributed by atoms with Crippen LogP contribution >= 0.6 is 0 Å². The van der Waals surface area contributed by atoms with Gasteiger partial charge < -0.3 is 10.1 Å². The van der Waals surface area contributed by atoms with Crippen molar-refractivity contribution < 1.29 is 19.1 Å². The highest BCUT2D eigenvalue weighted by molar-refractivity contribution is 5.99. The molecule has 3 N–H and O–H groups in total. The lowest BCUT2D eigenvalue weighted by molar-refractivity contribution is -0.114. The predicted molar refractivity (Wildman–Crippen MR) is 103 cm³/mol. The summed E-state index contributed by atoms with van der Waals surface area (Å²) >= 11 is 0. The fraction of sp³-hybridized carbons (Fsp3) is 0.250. The first-order valence-electron chi connectivity index (χ1n) is 8.64. The molecule has 1 atom stereocenters. The molecular weight excluding hydrogens is 346 g/mol. The average Bonchev–Trinajstić information content (AvgIpc) is 2.66. The molecule has 0 saturated carbocycles. The van der Waals surface area contributed by atoms with Crippen LogP contribution in [0.2, 0.25) is 0 Å². The van der Waals surface area contributed by atoms with E-state index in [-0.39, 0.29) is 12.0 Å². The van der Waals surface area contributed by atoms with Crippen molar-refractivity contribution in [1.82, 2.24) is 10.9 Å². The van der Waals surface area contributed by atoms with Crippen molar-refractivity contribution >= 4 is 23.4 Å². The van der Waals surface area contributed by atoms with Crippen LogP contribution in [-0.4, -0.2) is 23.8 Å². The summed E-state index contributed by atoms with van der Waals surface area (Å²) in [5.41, 5.74) is 6.05. The van der Waals surface area contributed by atoms with Gasteiger partial charge in [-0.15, -0.1) is 0 Å². The highest BCUT2D eigenvalue weighted by Gasteiger charge is 2.10. The molecule has 2 rings (SSSR count). The lowest BCUT2D eigenvalue weighted by Crippen LogP contribution is -2.41. The lowest BCUT2D eigenvalue weighted by Gasteiger charge is -2.13. The number of hydrogen-bond donors (Lipinski definition) is 3. The van der Waals surface area contributed by atoms with Crippen LogP contribution in [0.5, 0.6) is 5.75 Å².